The number of carbonyl (C=O) groups excluding carboxylic acids is 1. The fourth-order valence-electron chi connectivity index (χ4n) is 2.81. The Bertz CT molecular complexity index is 1060. The average molecular weight is 461 g/mol. The molecule has 162 valence electrons. The lowest BCUT2D eigenvalue weighted by molar-refractivity contribution is 0.201. The minimum atomic E-state index is -0.511. The first-order valence-electron chi connectivity index (χ1n) is 9.65. The molecule has 3 rings (SSSR count). The number of hydrogen-bond donors (Lipinski definition) is 2. The number of ether oxygens (including phenoxy) is 2. The molecular weight excluding hydrogens is 439 g/mol. The molecule has 0 aliphatic rings. The van der Waals surface area contributed by atoms with Gasteiger partial charge in [0.25, 0.3) is 0 Å². The van der Waals surface area contributed by atoms with Crippen LogP contribution in [-0.2, 0) is 6.42 Å². The van der Waals surface area contributed by atoms with Crippen molar-refractivity contribution in [2.45, 2.75) is 13.3 Å². The fourth-order valence-corrected chi connectivity index (χ4v) is 3.31. The highest BCUT2D eigenvalue weighted by Gasteiger charge is 2.10. The van der Waals surface area contributed by atoms with Crippen LogP contribution in [0.4, 0.5) is 10.6 Å². The molecule has 1 aromatic heterocycles. The largest absolute Gasteiger partial charge is 0.467 e. The number of carbonyl (C=O) groups is 1. The van der Waals surface area contributed by atoms with Crippen LogP contribution in [-0.4, -0.2) is 36.3 Å². The third kappa shape index (κ3) is 6.47. The summed E-state index contributed by atoms with van der Waals surface area (Å²) in [6.07, 6.45) is 0.177. The standard InChI is InChI=1S/C22H22Cl2N4O3/c1-3-25-22(29)31-17-6-4-5-15(11-17)19-13-20(28-21(27-19)30-2)26-10-9-14-7-8-16(23)12-18(14)24/h4-8,11-13H,3,9-10H2,1-2H3,(H,25,29)(H,26,27,28). The maximum atomic E-state index is 11.7. The van der Waals surface area contributed by atoms with Crippen LogP contribution in [0.1, 0.15) is 12.5 Å². The SMILES string of the molecule is CCNC(=O)Oc1cccc(-c2cc(NCCc3ccc(Cl)cc3Cl)nc(OC)n2)c1. The molecule has 0 radical (unpaired) electrons. The van der Waals surface area contributed by atoms with E-state index in [1.807, 2.05) is 25.1 Å². The quantitative estimate of drug-likeness (QED) is 0.479. The molecule has 31 heavy (non-hydrogen) atoms. The van der Waals surface area contributed by atoms with E-state index in [0.717, 1.165) is 11.1 Å². The van der Waals surface area contributed by atoms with Crippen LogP contribution in [0.3, 0.4) is 0 Å². The van der Waals surface area contributed by atoms with Gasteiger partial charge in [0.05, 0.1) is 12.8 Å². The van der Waals surface area contributed by atoms with Crippen molar-refractivity contribution in [1.29, 1.82) is 0 Å². The van der Waals surface area contributed by atoms with Gasteiger partial charge in [-0.2, -0.15) is 9.97 Å². The first-order chi connectivity index (χ1) is 15.0. The Morgan fingerprint density at radius 1 is 1.10 bits per heavy atom. The van der Waals surface area contributed by atoms with Crippen molar-refractivity contribution in [3.8, 4) is 23.0 Å². The van der Waals surface area contributed by atoms with Gasteiger partial charge in [-0.3, -0.25) is 0 Å². The van der Waals surface area contributed by atoms with E-state index in [2.05, 4.69) is 20.6 Å². The Balaban J connectivity index is 1.75. The van der Waals surface area contributed by atoms with Crippen molar-refractivity contribution in [2.75, 3.05) is 25.5 Å². The average Bonchev–Trinajstić information content (AvgIpc) is 2.75. The van der Waals surface area contributed by atoms with Gasteiger partial charge < -0.3 is 20.1 Å². The maximum absolute atomic E-state index is 11.7. The second kappa shape index (κ2) is 10.8. The van der Waals surface area contributed by atoms with Crippen LogP contribution in [0.25, 0.3) is 11.3 Å². The van der Waals surface area contributed by atoms with E-state index in [1.165, 1.54) is 7.11 Å². The molecule has 0 fully saturated rings. The lowest BCUT2D eigenvalue weighted by atomic mass is 10.1. The summed E-state index contributed by atoms with van der Waals surface area (Å²) in [5, 5.41) is 7.08. The molecule has 3 aromatic rings. The van der Waals surface area contributed by atoms with E-state index in [4.69, 9.17) is 32.7 Å². The van der Waals surface area contributed by atoms with Gasteiger partial charge in [-0.1, -0.05) is 41.4 Å². The molecule has 0 atom stereocenters. The first kappa shape index (κ1) is 22.7. The Hall–Kier alpha value is -3.03. The zero-order chi connectivity index (χ0) is 22.2. The van der Waals surface area contributed by atoms with Gasteiger partial charge in [-0.15, -0.1) is 0 Å². The lowest BCUT2D eigenvalue weighted by Crippen LogP contribution is -2.26. The predicted molar refractivity (Wildman–Crippen MR) is 122 cm³/mol. The van der Waals surface area contributed by atoms with Gasteiger partial charge in [0, 0.05) is 34.8 Å². The van der Waals surface area contributed by atoms with Crippen LogP contribution in [0.5, 0.6) is 11.8 Å². The molecule has 1 heterocycles. The van der Waals surface area contributed by atoms with Crippen molar-refractivity contribution in [1.82, 2.24) is 15.3 Å². The minimum Gasteiger partial charge on any atom is -0.467 e. The van der Waals surface area contributed by atoms with Crippen LogP contribution < -0.4 is 20.1 Å². The van der Waals surface area contributed by atoms with E-state index in [9.17, 15) is 4.79 Å². The maximum Gasteiger partial charge on any atom is 0.412 e. The Kier molecular flexibility index (Phi) is 7.92. The Morgan fingerprint density at radius 2 is 1.94 bits per heavy atom. The fraction of sp³-hybridized carbons (Fsp3) is 0.227. The predicted octanol–water partition coefficient (Wildman–Crippen LogP) is 5.22. The molecule has 7 nitrogen and oxygen atoms in total. The van der Waals surface area contributed by atoms with Crippen LogP contribution in [0.2, 0.25) is 10.0 Å². The number of amides is 1. The number of aromatic nitrogens is 2. The number of benzene rings is 2. The highest BCUT2D eigenvalue weighted by atomic mass is 35.5. The van der Waals surface area contributed by atoms with Gasteiger partial charge in [0.2, 0.25) is 0 Å². The van der Waals surface area contributed by atoms with Crippen molar-refractivity contribution in [2.24, 2.45) is 0 Å². The molecule has 0 bridgehead atoms. The number of methoxy groups -OCH3 is 1. The normalized spacial score (nSPS) is 10.5. The highest BCUT2D eigenvalue weighted by Crippen LogP contribution is 2.26. The molecule has 0 aliphatic heterocycles. The third-order valence-electron chi connectivity index (χ3n) is 4.27. The molecule has 0 saturated heterocycles. The molecule has 2 N–H and O–H groups in total. The van der Waals surface area contributed by atoms with Crippen molar-refractivity contribution in [3.63, 3.8) is 0 Å². The Labute approximate surface area is 190 Å². The van der Waals surface area contributed by atoms with Gasteiger partial charge in [0.15, 0.2) is 0 Å². The summed E-state index contributed by atoms with van der Waals surface area (Å²) in [7, 11) is 1.50. The number of anilines is 1. The van der Waals surface area contributed by atoms with Crippen molar-refractivity contribution >= 4 is 35.1 Å². The second-order valence-corrected chi connectivity index (χ2v) is 7.33. The van der Waals surface area contributed by atoms with Gasteiger partial charge in [0.1, 0.15) is 11.6 Å². The number of hydrogen-bond acceptors (Lipinski definition) is 6. The Morgan fingerprint density at radius 3 is 2.68 bits per heavy atom. The summed E-state index contributed by atoms with van der Waals surface area (Å²) < 4.78 is 10.5. The smallest absolute Gasteiger partial charge is 0.412 e. The summed E-state index contributed by atoms with van der Waals surface area (Å²) >= 11 is 12.2. The van der Waals surface area contributed by atoms with Crippen molar-refractivity contribution < 1.29 is 14.3 Å². The number of rotatable bonds is 8. The van der Waals surface area contributed by atoms with Gasteiger partial charge >= 0.3 is 12.1 Å². The lowest BCUT2D eigenvalue weighted by Gasteiger charge is -2.11. The molecule has 9 heteroatoms. The number of nitrogens with one attached hydrogen (secondary N) is 2. The molecule has 0 aliphatic carbocycles. The van der Waals surface area contributed by atoms with Gasteiger partial charge in [-0.25, -0.2) is 4.79 Å². The van der Waals surface area contributed by atoms with Gasteiger partial charge in [-0.05, 0) is 43.2 Å². The van der Waals surface area contributed by atoms with E-state index in [-0.39, 0.29) is 6.01 Å². The minimum absolute atomic E-state index is 0.222. The van der Waals surface area contributed by atoms with Crippen molar-refractivity contribution in [3.05, 3.63) is 64.1 Å². The van der Waals surface area contributed by atoms with E-state index in [0.29, 0.717) is 46.8 Å². The van der Waals surface area contributed by atoms with E-state index < -0.39 is 6.09 Å². The van der Waals surface area contributed by atoms with E-state index in [1.54, 1.807) is 30.3 Å². The molecule has 0 saturated carbocycles. The third-order valence-corrected chi connectivity index (χ3v) is 4.85. The van der Waals surface area contributed by atoms with E-state index >= 15 is 0 Å². The molecule has 1 amide bonds. The number of halogens is 2. The molecule has 2 aromatic carbocycles. The summed E-state index contributed by atoms with van der Waals surface area (Å²) in [6.45, 7) is 2.90. The van der Waals surface area contributed by atoms with Crippen LogP contribution in [0.15, 0.2) is 48.5 Å². The molecule has 0 spiro atoms. The first-order valence-corrected chi connectivity index (χ1v) is 10.4. The summed E-state index contributed by atoms with van der Waals surface area (Å²) in [5.74, 6) is 1.01. The molecular formula is C22H22Cl2N4O3. The van der Waals surface area contributed by atoms with Crippen LogP contribution in [0, 0.1) is 0 Å². The second-order valence-electron chi connectivity index (χ2n) is 6.49. The molecule has 0 unspecified atom stereocenters. The zero-order valence-corrected chi connectivity index (χ0v) is 18.6. The van der Waals surface area contributed by atoms with Crippen LogP contribution >= 0.6 is 23.2 Å². The highest BCUT2D eigenvalue weighted by molar-refractivity contribution is 6.35. The summed E-state index contributed by atoms with van der Waals surface area (Å²) in [4.78, 5) is 20.4. The topological polar surface area (TPSA) is 85.4 Å². The number of nitrogens with zero attached hydrogens (tertiary/aromatic N) is 2. The summed E-state index contributed by atoms with van der Waals surface area (Å²) in [6, 6.07) is 14.5. The zero-order valence-electron chi connectivity index (χ0n) is 17.1. The summed E-state index contributed by atoms with van der Waals surface area (Å²) in [5.41, 5.74) is 2.36. The monoisotopic (exact) mass is 460 g/mol.